The highest BCUT2D eigenvalue weighted by atomic mass is 79.9. The number of nitrogens with one attached hydrogen (secondary N) is 1. The van der Waals surface area contributed by atoms with Gasteiger partial charge in [-0.15, -0.1) is 0 Å². The molecule has 0 bridgehead atoms. The van der Waals surface area contributed by atoms with Crippen LogP contribution in [0.15, 0.2) is 46.9 Å². The van der Waals surface area contributed by atoms with E-state index in [2.05, 4.69) is 84.5 Å². The van der Waals surface area contributed by atoms with Crippen molar-refractivity contribution in [2.45, 2.75) is 26.8 Å². The molecule has 1 nitrogen and oxygen atoms in total. The molecule has 0 aliphatic rings. The van der Waals surface area contributed by atoms with Crippen LogP contribution in [0.25, 0.3) is 0 Å². The Labute approximate surface area is 124 Å². The van der Waals surface area contributed by atoms with E-state index >= 15 is 0 Å². The van der Waals surface area contributed by atoms with Crippen LogP contribution in [0.1, 0.15) is 35.2 Å². The second-order valence-electron chi connectivity index (χ2n) is 4.87. The minimum atomic E-state index is 0.237. The van der Waals surface area contributed by atoms with Crippen molar-refractivity contribution in [3.63, 3.8) is 0 Å². The van der Waals surface area contributed by atoms with Crippen LogP contribution in [-0.4, -0.2) is 6.54 Å². The number of hydrogen-bond acceptors (Lipinski definition) is 1. The normalized spacial score (nSPS) is 12.4. The Balaban J connectivity index is 2.48. The largest absolute Gasteiger partial charge is 0.306 e. The highest BCUT2D eigenvalue weighted by Gasteiger charge is 2.17. The average molecular weight is 318 g/mol. The smallest absolute Gasteiger partial charge is 0.0590 e. The van der Waals surface area contributed by atoms with Gasteiger partial charge in [0, 0.05) is 4.47 Å². The molecule has 0 fully saturated rings. The Morgan fingerprint density at radius 1 is 1.05 bits per heavy atom. The molecule has 100 valence electrons. The lowest BCUT2D eigenvalue weighted by molar-refractivity contribution is 0.625. The number of benzene rings is 2. The standard InChI is InChI=1S/C17H20BrN/c1-4-19-17(15-7-5-6-8-16(15)18)14-10-9-12(2)11-13(14)3/h5-11,17,19H,4H2,1-3H3. The molecule has 1 unspecified atom stereocenters. The van der Waals surface area contributed by atoms with Crippen LogP contribution in [0, 0.1) is 13.8 Å². The minimum Gasteiger partial charge on any atom is -0.306 e. The molecule has 0 aliphatic carbocycles. The molecule has 0 amide bonds. The summed E-state index contributed by atoms with van der Waals surface area (Å²) < 4.78 is 1.15. The summed E-state index contributed by atoms with van der Waals surface area (Å²) in [6.07, 6.45) is 0. The highest BCUT2D eigenvalue weighted by molar-refractivity contribution is 9.10. The van der Waals surface area contributed by atoms with E-state index in [-0.39, 0.29) is 6.04 Å². The van der Waals surface area contributed by atoms with E-state index in [1.165, 1.54) is 22.3 Å². The van der Waals surface area contributed by atoms with Crippen molar-refractivity contribution in [3.05, 3.63) is 69.2 Å². The summed E-state index contributed by atoms with van der Waals surface area (Å²) in [5, 5.41) is 3.59. The topological polar surface area (TPSA) is 12.0 Å². The SMILES string of the molecule is CCNC(c1ccc(C)cc1C)c1ccccc1Br. The molecule has 2 aromatic carbocycles. The maximum atomic E-state index is 3.66. The van der Waals surface area contributed by atoms with Gasteiger partial charge in [0.05, 0.1) is 6.04 Å². The Kier molecular flexibility index (Phi) is 4.78. The highest BCUT2D eigenvalue weighted by Crippen LogP contribution is 2.30. The van der Waals surface area contributed by atoms with Gasteiger partial charge in [-0.2, -0.15) is 0 Å². The molecule has 2 rings (SSSR count). The van der Waals surface area contributed by atoms with E-state index in [0.717, 1.165) is 11.0 Å². The van der Waals surface area contributed by atoms with Gasteiger partial charge in [0.2, 0.25) is 0 Å². The van der Waals surface area contributed by atoms with Gasteiger partial charge in [-0.05, 0) is 43.1 Å². The monoisotopic (exact) mass is 317 g/mol. The maximum Gasteiger partial charge on any atom is 0.0590 e. The second-order valence-corrected chi connectivity index (χ2v) is 5.73. The molecule has 0 saturated heterocycles. The lowest BCUT2D eigenvalue weighted by Gasteiger charge is -2.22. The summed E-state index contributed by atoms with van der Waals surface area (Å²) in [4.78, 5) is 0. The Morgan fingerprint density at radius 2 is 1.79 bits per heavy atom. The molecule has 0 radical (unpaired) electrons. The van der Waals surface area contributed by atoms with Crippen LogP contribution >= 0.6 is 15.9 Å². The third-order valence-corrected chi connectivity index (χ3v) is 4.08. The van der Waals surface area contributed by atoms with Gasteiger partial charge in [0.15, 0.2) is 0 Å². The van der Waals surface area contributed by atoms with Gasteiger partial charge in [-0.1, -0.05) is 64.8 Å². The van der Waals surface area contributed by atoms with Crippen molar-refractivity contribution in [2.24, 2.45) is 0 Å². The molecule has 0 spiro atoms. The first kappa shape index (κ1) is 14.3. The van der Waals surface area contributed by atoms with Gasteiger partial charge < -0.3 is 5.32 Å². The summed E-state index contributed by atoms with van der Waals surface area (Å²) in [6.45, 7) is 7.41. The van der Waals surface area contributed by atoms with Crippen molar-refractivity contribution in [1.82, 2.24) is 5.32 Å². The lowest BCUT2D eigenvalue weighted by Crippen LogP contribution is -2.23. The molecule has 0 aliphatic heterocycles. The molecule has 0 aromatic heterocycles. The van der Waals surface area contributed by atoms with Gasteiger partial charge in [-0.3, -0.25) is 0 Å². The van der Waals surface area contributed by atoms with Crippen molar-refractivity contribution in [3.8, 4) is 0 Å². The average Bonchev–Trinajstić information content (AvgIpc) is 2.38. The van der Waals surface area contributed by atoms with Crippen LogP contribution in [0.4, 0.5) is 0 Å². The lowest BCUT2D eigenvalue weighted by atomic mass is 9.94. The molecule has 2 aromatic rings. The zero-order valence-electron chi connectivity index (χ0n) is 11.7. The third-order valence-electron chi connectivity index (χ3n) is 3.36. The van der Waals surface area contributed by atoms with E-state index < -0.39 is 0 Å². The Hall–Kier alpha value is -1.12. The van der Waals surface area contributed by atoms with Crippen LogP contribution < -0.4 is 5.32 Å². The van der Waals surface area contributed by atoms with Gasteiger partial charge in [-0.25, -0.2) is 0 Å². The van der Waals surface area contributed by atoms with Crippen LogP contribution in [0.2, 0.25) is 0 Å². The second kappa shape index (κ2) is 6.36. The van der Waals surface area contributed by atoms with Gasteiger partial charge >= 0.3 is 0 Å². The molecule has 19 heavy (non-hydrogen) atoms. The zero-order chi connectivity index (χ0) is 13.8. The van der Waals surface area contributed by atoms with Crippen molar-refractivity contribution in [1.29, 1.82) is 0 Å². The van der Waals surface area contributed by atoms with E-state index in [1.54, 1.807) is 0 Å². The molecule has 0 heterocycles. The Bertz CT molecular complexity index is 563. The van der Waals surface area contributed by atoms with Crippen LogP contribution in [-0.2, 0) is 0 Å². The minimum absolute atomic E-state index is 0.237. The molecule has 2 heteroatoms. The summed E-state index contributed by atoms with van der Waals surface area (Å²) >= 11 is 3.66. The van der Waals surface area contributed by atoms with Gasteiger partial charge in [0.25, 0.3) is 0 Å². The molecule has 0 saturated carbocycles. The fourth-order valence-electron chi connectivity index (χ4n) is 2.45. The first-order chi connectivity index (χ1) is 9.13. The molecule has 1 atom stereocenters. The third kappa shape index (κ3) is 3.26. The van der Waals surface area contributed by atoms with Crippen molar-refractivity contribution >= 4 is 15.9 Å². The fourth-order valence-corrected chi connectivity index (χ4v) is 2.96. The molecular weight excluding hydrogens is 298 g/mol. The number of halogens is 1. The van der Waals surface area contributed by atoms with E-state index in [0.29, 0.717) is 0 Å². The zero-order valence-corrected chi connectivity index (χ0v) is 13.3. The van der Waals surface area contributed by atoms with E-state index in [1.807, 2.05) is 0 Å². The number of rotatable bonds is 4. The van der Waals surface area contributed by atoms with Gasteiger partial charge in [0.1, 0.15) is 0 Å². The van der Waals surface area contributed by atoms with Crippen molar-refractivity contribution in [2.75, 3.05) is 6.54 Å². The van der Waals surface area contributed by atoms with E-state index in [4.69, 9.17) is 0 Å². The quantitative estimate of drug-likeness (QED) is 0.856. The summed E-state index contributed by atoms with van der Waals surface area (Å²) in [6, 6.07) is 15.3. The van der Waals surface area contributed by atoms with E-state index in [9.17, 15) is 0 Å². The van der Waals surface area contributed by atoms with Crippen LogP contribution in [0.3, 0.4) is 0 Å². The van der Waals surface area contributed by atoms with Crippen molar-refractivity contribution < 1.29 is 0 Å². The van der Waals surface area contributed by atoms with Crippen LogP contribution in [0.5, 0.6) is 0 Å². The summed E-state index contributed by atoms with van der Waals surface area (Å²) in [5.74, 6) is 0. The first-order valence-electron chi connectivity index (χ1n) is 6.68. The fraction of sp³-hybridized carbons (Fsp3) is 0.294. The molecular formula is C17H20BrN. The predicted octanol–water partition coefficient (Wildman–Crippen LogP) is 4.76. The first-order valence-corrected chi connectivity index (χ1v) is 7.47. The Morgan fingerprint density at radius 3 is 2.42 bits per heavy atom. The maximum absolute atomic E-state index is 3.66. The number of aryl methyl sites for hydroxylation is 2. The molecule has 1 N–H and O–H groups in total. The number of hydrogen-bond donors (Lipinski definition) is 1. The summed E-state index contributed by atoms with van der Waals surface area (Å²) in [7, 11) is 0. The predicted molar refractivity (Wildman–Crippen MR) is 85.6 cm³/mol. The summed E-state index contributed by atoms with van der Waals surface area (Å²) in [5.41, 5.74) is 5.28.